The molecule has 0 aromatic heterocycles. The summed E-state index contributed by atoms with van der Waals surface area (Å²) >= 11 is 0. The first-order valence-electron chi connectivity index (χ1n) is 5.43. The fourth-order valence-corrected chi connectivity index (χ4v) is 3.15. The van der Waals surface area contributed by atoms with Crippen LogP contribution in [0.25, 0.3) is 0 Å². The Morgan fingerprint density at radius 1 is 1.23 bits per heavy atom. The molecule has 2 nitrogen and oxygen atoms in total. The van der Waals surface area contributed by atoms with Gasteiger partial charge in [-0.05, 0) is 45.2 Å². The molecular formula is C11H18N2. The van der Waals surface area contributed by atoms with Crippen LogP contribution in [0.3, 0.4) is 0 Å². The lowest BCUT2D eigenvalue weighted by Gasteiger charge is -2.44. The highest BCUT2D eigenvalue weighted by atomic mass is 15.1. The van der Waals surface area contributed by atoms with E-state index in [2.05, 4.69) is 18.0 Å². The summed E-state index contributed by atoms with van der Waals surface area (Å²) in [5, 5.41) is 9.07. The first kappa shape index (κ1) is 9.02. The van der Waals surface area contributed by atoms with Gasteiger partial charge in [-0.15, -0.1) is 0 Å². The van der Waals surface area contributed by atoms with Crippen molar-refractivity contribution in [1.82, 2.24) is 4.90 Å². The first-order chi connectivity index (χ1) is 6.33. The molecule has 0 amide bonds. The van der Waals surface area contributed by atoms with Gasteiger partial charge in [0.15, 0.2) is 0 Å². The zero-order chi connectivity index (χ0) is 9.26. The largest absolute Gasteiger partial charge is 0.302 e. The average Bonchev–Trinajstić information content (AvgIpc) is 2.17. The van der Waals surface area contributed by atoms with E-state index in [9.17, 15) is 0 Å². The highest BCUT2D eigenvalue weighted by Gasteiger charge is 2.37. The Morgan fingerprint density at radius 2 is 2.00 bits per heavy atom. The molecular weight excluding hydrogens is 160 g/mol. The van der Waals surface area contributed by atoms with Crippen molar-refractivity contribution in [2.75, 3.05) is 13.6 Å². The molecule has 2 rings (SSSR count). The summed E-state index contributed by atoms with van der Waals surface area (Å²) in [6, 6.07) is 3.07. The third-order valence-corrected chi connectivity index (χ3v) is 3.75. The van der Waals surface area contributed by atoms with Gasteiger partial charge in [-0.3, -0.25) is 0 Å². The van der Waals surface area contributed by atoms with E-state index in [0.717, 1.165) is 12.3 Å². The molecule has 1 heterocycles. The summed E-state index contributed by atoms with van der Waals surface area (Å²) < 4.78 is 0. The van der Waals surface area contributed by atoms with Gasteiger partial charge in [0.25, 0.3) is 0 Å². The van der Waals surface area contributed by atoms with Crippen molar-refractivity contribution in [3.8, 4) is 6.07 Å². The first-order valence-corrected chi connectivity index (χ1v) is 5.43. The standard InChI is InChI=1S/C11H18N2/c1-13-7-3-6-9-4-2-5-10(8-12)11(9)13/h9-11H,2-7H2,1H3/t9-,10-,11-/m1/s1. The smallest absolute Gasteiger partial charge is 0.0672 e. The van der Waals surface area contributed by atoms with E-state index in [0.29, 0.717) is 12.0 Å². The number of hydrogen-bond acceptors (Lipinski definition) is 2. The number of rotatable bonds is 0. The van der Waals surface area contributed by atoms with Crippen molar-refractivity contribution >= 4 is 0 Å². The normalized spacial score (nSPS) is 40.8. The minimum absolute atomic E-state index is 0.309. The van der Waals surface area contributed by atoms with Crippen LogP contribution in [-0.2, 0) is 0 Å². The third-order valence-electron chi connectivity index (χ3n) is 3.75. The van der Waals surface area contributed by atoms with Crippen LogP contribution >= 0.6 is 0 Å². The summed E-state index contributed by atoms with van der Waals surface area (Å²) in [6.07, 6.45) is 6.44. The Hall–Kier alpha value is -0.550. The Morgan fingerprint density at radius 3 is 2.77 bits per heavy atom. The van der Waals surface area contributed by atoms with Crippen LogP contribution in [0.2, 0.25) is 0 Å². The number of hydrogen-bond donors (Lipinski definition) is 0. The van der Waals surface area contributed by atoms with Crippen LogP contribution in [0, 0.1) is 23.2 Å². The van der Waals surface area contributed by atoms with Gasteiger partial charge in [0.1, 0.15) is 0 Å². The van der Waals surface area contributed by atoms with Crippen molar-refractivity contribution in [2.24, 2.45) is 11.8 Å². The average molecular weight is 178 g/mol. The summed E-state index contributed by atoms with van der Waals surface area (Å²) in [5.74, 6) is 1.13. The lowest BCUT2D eigenvalue weighted by Crippen LogP contribution is -2.48. The van der Waals surface area contributed by atoms with E-state index in [1.165, 1.54) is 32.2 Å². The SMILES string of the molecule is CN1CCC[C@H]2CCC[C@H](C#N)[C@@H]21. The highest BCUT2D eigenvalue weighted by Crippen LogP contribution is 2.37. The maximum atomic E-state index is 9.07. The van der Waals surface area contributed by atoms with Gasteiger partial charge in [0.05, 0.1) is 12.0 Å². The Balaban J connectivity index is 2.12. The van der Waals surface area contributed by atoms with Crippen LogP contribution in [-0.4, -0.2) is 24.5 Å². The maximum absolute atomic E-state index is 9.07. The molecule has 3 atom stereocenters. The molecule has 0 aromatic carbocycles. The van der Waals surface area contributed by atoms with Crippen molar-refractivity contribution in [2.45, 2.75) is 38.1 Å². The summed E-state index contributed by atoms with van der Waals surface area (Å²) in [5.41, 5.74) is 0. The van der Waals surface area contributed by atoms with Gasteiger partial charge in [0, 0.05) is 6.04 Å². The summed E-state index contributed by atoms with van der Waals surface area (Å²) in [4.78, 5) is 2.42. The van der Waals surface area contributed by atoms with Gasteiger partial charge in [-0.25, -0.2) is 0 Å². The number of fused-ring (bicyclic) bond motifs is 1. The fourth-order valence-electron chi connectivity index (χ4n) is 3.15. The molecule has 2 aliphatic rings. The second kappa shape index (κ2) is 3.67. The molecule has 1 saturated heterocycles. The summed E-state index contributed by atoms with van der Waals surface area (Å²) in [6.45, 7) is 1.19. The van der Waals surface area contributed by atoms with Crippen molar-refractivity contribution in [3.63, 3.8) is 0 Å². The van der Waals surface area contributed by atoms with Crippen LogP contribution < -0.4 is 0 Å². The molecule has 2 heteroatoms. The number of nitriles is 1. The molecule has 13 heavy (non-hydrogen) atoms. The van der Waals surface area contributed by atoms with Crippen molar-refractivity contribution in [3.05, 3.63) is 0 Å². The van der Waals surface area contributed by atoms with Crippen LogP contribution in [0.4, 0.5) is 0 Å². The van der Waals surface area contributed by atoms with Gasteiger partial charge < -0.3 is 4.90 Å². The van der Waals surface area contributed by atoms with Crippen LogP contribution in [0.1, 0.15) is 32.1 Å². The quantitative estimate of drug-likeness (QED) is 0.567. The Bertz CT molecular complexity index is 217. The van der Waals surface area contributed by atoms with E-state index in [4.69, 9.17) is 5.26 Å². The van der Waals surface area contributed by atoms with E-state index in [1.807, 2.05) is 0 Å². The van der Waals surface area contributed by atoms with Crippen LogP contribution in [0.15, 0.2) is 0 Å². The summed E-state index contributed by atoms with van der Waals surface area (Å²) in [7, 11) is 2.19. The third kappa shape index (κ3) is 1.58. The van der Waals surface area contributed by atoms with E-state index >= 15 is 0 Å². The fraction of sp³-hybridized carbons (Fsp3) is 0.909. The lowest BCUT2D eigenvalue weighted by molar-refractivity contribution is 0.0578. The highest BCUT2D eigenvalue weighted by molar-refractivity contribution is 5.00. The molecule has 0 N–H and O–H groups in total. The zero-order valence-corrected chi connectivity index (χ0v) is 8.37. The molecule has 1 saturated carbocycles. The zero-order valence-electron chi connectivity index (χ0n) is 8.37. The topological polar surface area (TPSA) is 27.0 Å². The number of piperidine rings is 1. The van der Waals surface area contributed by atoms with E-state index in [1.54, 1.807) is 0 Å². The monoisotopic (exact) mass is 178 g/mol. The molecule has 0 unspecified atom stereocenters. The number of likely N-dealkylation sites (tertiary alicyclic amines) is 1. The van der Waals surface area contributed by atoms with Crippen molar-refractivity contribution in [1.29, 1.82) is 5.26 Å². The minimum Gasteiger partial charge on any atom is -0.302 e. The van der Waals surface area contributed by atoms with E-state index < -0.39 is 0 Å². The Labute approximate surface area is 80.5 Å². The van der Waals surface area contributed by atoms with Gasteiger partial charge >= 0.3 is 0 Å². The molecule has 0 aromatic rings. The molecule has 2 fully saturated rings. The predicted octanol–water partition coefficient (Wildman–Crippen LogP) is 2.02. The second-order valence-corrected chi connectivity index (χ2v) is 4.54. The van der Waals surface area contributed by atoms with Crippen molar-refractivity contribution < 1.29 is 0 Å². The number of nitrogens with zero attached hydrogens (tertiary/aromatic N) is 2. The lowest BCUT2D eigenvalue weighted by atomic mass is 9.73. The van der Waals surface area contributed by atoms with Gasteiger partial charge in [0.2, 0.25) is 0 Å². The molecule has 72 valence electrons. The molecule has 0 radical (unpaired) electrons. The second-order valence-electron chi connectivity index (χ2n) is 4.54. The van der Waals surface area contributed by atoms with Gasteiger partial charge in [-0.2, -0.15) is 5.26 Å². The van der Waals surface area contributed by atoms with E-state index in [-0.39, 0.29) is 0 Å². The molecule has 1 aliphatic carbocycles. The molecule has 0 bridgehead atoms. The predicted molar refractivity (Wildman–Crippen MR) is 52.1 cm³/mol. The molecule has 1 aliphatic heterocycles. The maximum Gasteiger partial charge on any atom is 0.0672 e. The Kier molecular flexibility index (Phi) is 2.55. The minimum atomic E-state index is 0.309. The van der Waals surface area contributed by atoms with Crippen LogP contribution in [0.5, 0.6) is 0 Å². The molecule has 0 spiro atoms. The van der Waals surface area contributed by atoms with Gasteiger partial charge in [-0.1, -0.05) is 6.42 Å².